The zero-order chi connectivity index (χ0) is 10.6. The first-order valence-corrected chi connectivity index (χ1v) is 6.03. The molecule has 0 aliphatic rings. The van der Waals surface area contributed by atoms with Crippen LogP contribution in [0, 0.1) is 0 Å². The van der Waals surface area contributed by atoms with Crippen molar-refractivity contribution in [2.24, 2.45) is 0 Å². The SMILES string of the molecule is O=C(Cl)c1ccccc1SC(Cl)CCl. The molecule has 0 aliphatic carbocycles. The van der Waals surface area contributed by atoms with E-state index in [4.69, 9.17) is 34.8 Å². The number of benzene rings is 1. The van der Waals surface area contributed by atoms with E-state index in [2.05, 4.69) is 0 Å². The van der Waals surface area contributed by atoms with Gasteiger partial charge in [0.25, 0.3) is 5.24 Å². The average molecular weight is 270 g/mol. The molecule has 0 saturated heterocycles. The summed E-state index contributed by atoms with van der Waals surface area (Å²) in [6, 6.07) is 7.03. The molecule has 1 unspecified atom stereocenters. The summed E-state index contributed by atoms with van der Waals surface area (Å²) < 4.78 is -0.256. The van der Waals surface area contributed by atoms with Crippen LogP contribution in [-0.2, 0) is 0 Å². The van der Waals surface area contributed by atoms with Crippen molar-refractivity contribution >= 4 is 51.8 Å². The molecule has 0 amide bonds. The van der Waals surface area contributed by atoms with E-state index < -0.39 is 5.24 Å². The van der Waals surface area contributed by atoms with Crippen LogP contribution in [0.4, 0.5) is 0 Å². The number of thioether (sulfide) groups is 1. The summed E-state index contributed by atoms with van der Waals surface area (Å²) in [5.74, 6) is 0.317. The fourth-order valence-electron chi connectivity index (χ4n) is 0.901. The highest BCUT2D eigenvalue weighted by Gasteiger charge is 2.12. The lowest BCUT2D eigenvalue weighted by Gasteiger charge is -2.07. The van der Waals surface area contributed by atoms with Crippen LogP contribution in [-0.4, -0.2) is 15.8 Å². The Balaban J connectivity index is 2.90. The number of carbonyl (C=O) groups is 1. The van der Waals surface area contributed by atoms with Crippen molar-refractivity contribution in [1.82, 2.24) is 0 Å². The topological polar surface area (TPSA) is 17.1 Å². The Labute approximate surface area is 102 Å². The summed E-state index contributed by atoms with van der Waals surface area (Å²) in [4.78, 5) is 11.8. The highest BCUT2D eigenvalue weighted by atomic mass is 35.5. The average Bonchev–Trinajstić information content (AvgIpc) is 2.18. The highest BCUT2D eigenvalue weighted by Crippen LogP contribution is 2.30. The Morgan fingerprint density at radius 1 is 1.43 bits per heavy atom. The maximum absolute atomic E-state index is 11.0. The van der Waals surface area contributed by atoms with Crippen molar-refractivity contribution in [3.63, 3.8) is 0 Å². The van der Waals surface area contributed by atoms with Crippen molar-refractivity contribution in [2.45, 2.75) is 9.60 Å². The first kappa shape index (κ1) is 12.2. The Hall–Kier alpha value is 0.110. The zero-order valence-electron chi connectivity index (χ0n) is 7.04. The van der Waals surface area contributed by atoms with Crippen molar-refractivity contribution in [2.75, 3.05) is 5.88 Å². The number of alkyl halides is 2. The van der Waals surface area contributed by atoms with Gasteiger partial charge in [0, 0.05) is 16.3 Å². The van der Waals surface area contributed by atoms with E-state index in [0.717, 1.165) is 4.90 Å². The van der Waals surface area contributed by atoms with Gasteiger partial charge in [-0.3, -0.25) is 4.79 Å². The molecule has 0 heterocycles. The summed E-state index contributed by atoms with van der Waals surface area (Å²) in [6.45, 7) is 0. The van der Waals surface area contributed by atoms with Gasteiger partial charge in [0.2, 0.25) is 0 Å². The monoisotopic (exact) mass is 268 g/mol. The van der Waals surface area contributed by atoms with Crippen LogP contribution in [0.1, 0.15) is 10.4 Å². The molecule has 0 aliphatic heterocycles. The molecule has 14 heavy (non-hydrogen) atoms. The van der Waals surface area contributed by atoms with Gasteiger partial charge < -0.3 is 0 Å². The lowest BCUT2D eigenvalue weighted by molar-refractivity contribution is 0.107. The van der Waals surface area contributed by atoms with Crippen LogP contribution >= 0.6 is 46.6 Å². The molecule has 1 aromatic rings. The van der Waals surface area contributed by atoms with Crippen LogP contribution < -0.4 is 0 Å². The third-order valence-corrected chi connectivity index (χ3v) is 3.78. The molecule has 0 aromatic heterocycles. The summed E-state index contributed by atoms with van der Waals surface area (Å²) in [6.07, 6.45) is 0. The predicted octanol–water partition coefficient (Wildman–Crippen LogP) is 3.96. The summed E-state index contributed by atoms with van der Waals surface area (Å²) in [5.41, 5.74) is 0.468. The van der Waals surface area contributed by atoms with E-state index in [1.165, 1.54) is 11.8 Å². The molecular formula is C9H7Cl3OS. The number of rotatable bonds is 4. The molecule has 0 radical (unpaired) electrons. The number of carbonyl (C=O) groups excluding carboxylic acids is 1. The van der Waals surface area contributed by atoms with Crippen molar-refractivity contribution in [3.8, 4) is 0 Å². The molecule has 1 atom stereocenters. The Morgan fingerprint density at radius 2 is 2.07 bits per heavy atom. The molecule has 0 spiro atoms. The first-order valence-electron chi connectivity index (χ1n) is 3.80. The Kier molecular flexibility index (Phi) is 5.10. The largest absolute Gasteiger partial charge is 0.276 e. The maximum Gasteiger partial charge on any atom is 0.253 e. The van der Waals surface area contributed by atoms with E-state index >= 15 is 0 Å². The van der Waals surface area contributed by atoms with Gasteiger partial charge in [-0.1, -0.05) is 12.1 Å². The second-order valence-corrected chi connectivity index (χ2v) is 5.13. The molecular weight excluding hydrogens is 263 g/mol. The van der Waals surface area contributed by atoms with Crippen LogP contribution in [0.25, 0.3) is 0 Å². The number of hydrogen-bond acceptors (Lipinski definition) is 2. The smallest absolute Gasteiger partial charge is 0.253 e. The van der Waals surface area contributed by atoms with E-state index in [9.17, 15) is 4.79 Å². The first-order chi connectivity index (χ1) is 6.65. The molecule has 0 N–H and O–H groups in total. The molecule has 76 valence electrons. The summed E-state index contributed by atoms with van der Waals surface area (Å²) in [5, 5.41) is -0.480. The van der Waals surface area contributed by atoms with Gasteiger partial charge in [0.1, 0.15) is 0 Å². The maximum atomic E-state index is 11.0. The normalized spacial score (nSPS) is 12.5. The van der Waals surface area contributed by atoms with Crippen molar-refractivity contribution in [3.05, 3.63) is 29.8 Å². The molecule has 1 rings (SSSR count). The lowest BCUT2D eigenvalue weighted by Crippen LogP contribution is -1.97. The van der Waals surface area contributed by atoms with E-state index in [0.29, 0.717) is 11.4 Å². The predicted molar refractivity (Wildman–Crippen MR) is 62.8 cm³/mol. The van der Waals surface area contributed by atoms with Crippen LogP contribution in [0.2, 0.25) is 0 Å². The summed E-state index contributed by atoms with van der Waals surface area (Å²) >= 11 is 18.1. The zero-order valence-corrected chi connectivity index (χ0v) is 10.1. The van der Waals surface area contributed by atoms with Crippen molar-refractivity contribution in [1.29, 1.82) is 0 Å². The van der Waals surface area contributed by atoms with E-state index in [-0.39, 0.29) is 4.71 Å². The Bertz CT molecular complexity index is 330. The molecule has 0 saturated carbocycles. The third kappa shape index (κ3) is 3.35. The van der Waals surface area contributed by atoms with Gasteiger partial charge >= 0.3 is 0 Å². The van der Waals surface area contributed by atoms with Gasteiger partial charge in [-0.15, -0.1) is 35.0 Å². The Morgan fingerprint density at radius 3 is 2.64 bits per heavy atom. The fourth-order valence-corrected chi connectivity index (χ4v) is 2.38. The molecule has 1 nitrogen and oxygen atoms in total. The quantitative estimate of drug-likeness (QED) is 0.467. The standard InChI is InChI=1S/C9H7Cl3OS/c10-5-8(11)14-7-4-2-1-3-6(7)9(12)13/h1-4,8H,5H2. The fraction of sp³-hybridized carbons (Fsp3) is 0.222. The summed E-state index contributed by atoms with van der Waals surface area (Å²) in [7, 11) is 0. The lowest BCUT2D eigenvalue weighted by atomic mass is 10.2. The third-order valence-electron chi connectivity index (χ3n) is 1.47. The second-order valence-electron chi connectivity index (χ2n) is 2.45. The number of halogens is 3. The molecule has 0 fully saturated rings. The molecule has 1 aromatic carbocycles. The molecule has 5 heteroatoms. The minimum absolute atomic E-state index is 0.256. The van der Waals surface area contributed by atoms with Crippen LogP contribution in [0.5, 0.6) is 0 Å². The van der Waals surface area contributed by atoms with E-state index in [1.807, 2.05) is 6.07 Å². The van der Waals surface area contributed by atoms with Crippen molar-refractivity contribution < 1.29 is 4.79 Å². The van der Waals surface area contributed by atoms with E-state index in [1.54, 1.807) is 18.2 Å². The number of hydrogen-bond donors (Lipinski definition) is 0. The van der Waals surface area contributed by atoms with Gasteiger partial charge in [0.15, 0.2) is 0 Å². The second kappa shape index (κ2) is 5.86. The minimum atomic E-state index is -0.480. The van der Waals surface area contributed by atoms with Gasteiger partial charge in [-0.05, 0) is 23.7 Å². The van der Waals surface area contributed by atoms with Crippen LogP contribution in [0.15, 0.2) is 29.2 Å². The minimum Gasteiger partial charge on any atom is -0.276 e. The van der Waals surface area contributed by atoms with Gasteiger partial charge in [0.05, 0.1) is 4.71 Å². The van der Waals surface area contributed by atoms with Crippen LogP contribution in [0.3, 0.4) is 0 Å². The highest BCUT2D eigenvalue weighted by molar-refractivity contribution is 8.01. The van der Waals surface area contributed by atoms with Gasteiger partial charge in [-0.25, -0.2) is 0 Å². The molecule has 0 bridgehead atoms. The van der Waals surface area contributed by atoms with Gasteiger partial charge in [-0.2, -0.15) is 0 Å².